The highest BCUT2D eigenvalue weighted by atomic mass is 32.2. The Hall–Kier alpha value is -0.100. The molecular formula is C42H76O10S6. The average molecular weight is 933 g/mol. The van der Waals surface area contributed by atoms with Gasteiger partial charge in [-0.1, -0.05) is 55.4 Å². The summed E-state index contributed by atoms with van der Waals surface area (Å²) in [5, 5.41) is 0. The van der Waals surface area contributed by atoms with E-state index in [0.29, 0.717) is 13.2 Å². The Labute approximate surface area is 377 Å². The molecule has 4 heterocycles. The van der Waals surface area contributed by atoms with Crippen LogP contribution in [0, 0.1) is 22.7 Å². The summed E-state index contributed by atoms with van der Waals surface area (Å²) in [6.45, 7) is 21.5. The second-order valence-corrected chi connectivity index (χ2v) is 21.9. The van der Waals surface area contributed by atoms with Crippen molar-refractivity contribution in [3.05, 3.63) is 0 Å². The van der Waals surface area contributed by atoms with E-state index in [4.69, 9.17) is 28.4 Å². The van der Waals surface area contributed by atoms with Crippen LogP contribution < -0.4 is 0 Å². The molecule has 4 fully saturated rings. The van der Waals surface area contributed by atoms with Crippen LogP contribution in [0.3, 0.4) is 0 Å². The van der Waals surface area contributed by atoms with Crippen molar-refractivity contribution in [1.82, 2.24) is 0 Å². The monoisotopic (exact) mass is 932 g/mol. The molecule has 16 heteroatoms. The first kappa shape index (κ1) is 55.9. The van der Waals surface area contributed by atoms with Gasteiger partial charge < -0.3 is 28.4 Å². The molecule has 0 aromatic carbocycles. The molecule has 4 atom stereocenters. The predicted molar refractivity (Wildman–Crippen MR) is 251 cm³/mol. The summed E-state index contributed by atoms with van der Waals surface area (Å²) in [7, 11) is 0. The fourth-order valence-electron chi connectivity index (χ4n) is 5.43. The Morgan fingerprint density at radius 2 is 0.862 bits per heavy atom. The van der Waals surface area contributed by atoms with Gasteiger partial charge in [0.15, 0.2) is 10.9 Å². The van der Waals surface area contributed by atoms with Crippen LogP contribution in [0.4, 0.5) is 0 Å². The van der Waals surface area contributed by atoms with Crippen molar-refractivity contribution in [2.45, 2.75) is 144 Å². The van der Waals surface area contributed by atoms with Crippen LogP contribution >= 0.6 is 70.6 Å². The second-order valence-electron chi connectivity index (χ2n) is 14.7. The van der Waals surface area contributed by atoms with Crippen molar-refractivity contribution in [1.29, 1.82) is 0 Å². The summed E-state index contributed by atoms with van der Waals surface area (Å²) >= 11 is 10.8. The maximum Gasteiger partial charge on any atom is 0.314 e. The molecule has 4 saturated heterocycles. The van der Waals surface area contributed by atoms with Gasteiger partial charge in [-0.3, -0.25) is 19.2 Å². The Bertz CT molecular complexity index is 1020. The molecule has 0 amide bonds. The minimum absolute atomic E-state index is 0.00463. The second kappa shape index (κ2) is 32.6. The van der Waals surface area contributed by atoms with Gasteiger partial charge >= 0.3 is 23.9 Å². The van der Waals surface area contributed by atoms with E-state index in [1.165, 1.54) is 11.5 Å². The molecule has 0 aliphatic carbocycles. The minimum atomic E-state index is -0.356. The van der Waals surface area contributed by atoms with Gasteiger partial charge in [-0.25, -0.2) is 0 Å². The van der Waals surface area contributed by atoms with Gasteiger partial charge in [0.2, 0.25) is 12.6 Å². The number of hydrogen-bond acceptors (Lipinski definition) is 16. The van der Waals surface area contributed by atoms with Crippen LogP contribution in [0.1, 0.15) is 121 Å². The highest BCUT2D eigenvalue weighted by Crippen LogP contribution is 2.32. The third kappa shape index (κ3) is 21.8. The molecule has 4 aliphatic heterocycles. The lowest BCUT2D eigenvalue weighted by Crippen LogP contribution is -2.36. The van der Waals surface area contributed by atoms with E-state index in [1.54, 1.807) is 47.0 Å². The van der Waals surface area contributed by atoms with Crippen molar-refractivity contribution in [3.63, 3.8) is 0 Å². The molecule has 58 heavy (non-hydrogen) atoms. The summed E-state index contributed by atoms with van der Waals surface area (Å²) in [6, 6.07) is 0. The normalized spacial score (nSPS) is 22.4. The number of esters is 4. The van der Waals surface area contributed by atoms with E-state index in [1.807, 2.05) is 92.8 Å². The topological polar surface area (TPSA) is 124 Å². The maximum atomic E-state index is 12.0. The number of carbonyl (C=O) groups excluding carboxylic acids is 4. The maximum absolute atomic E-state index is 12.0. The largest absolute Gasteiger partial charge is 0.450 e. The smallest absolute Gasteiger partial charge is 0.314 e. The highest BCUT2D eigenvalue weighted by Gasteiger charge is 2.34. The van der Waals surface area contributed by atoms with Crippen molar-refractivity contribution in [2.75, 3.05) is 70.7 Å². The first-order valence-corrected chi connectivity index (χ1v) is 28.1. The van der Waals surface area contributed by atoms with Gasteiger partial charge in [0.05, 0.1) is 47.4 Å². The van der Waals surface area contributed by atoms with Gasteiger partial charge in [-0.15, -0.1) is 23.5 Å². The van der Waals surface area contributed by atoms with E-state index >= 15 is 0 Å². The van der Waals surface area contributed by atoms with Gasteiger partial charge in [0.25, 0.3) is 0 Å². The lowest BCUT2D eigenvalue weighted by atomic mass is 9.85. The van der Waals surface area contributed by atoms with Crippen molar-refractivity contribution >= 4 is 94.4 Å². The van der Waals surface area contributed by atoms with Gasteiger partial charge in [0.1, 0.15) is 0 Å². The molecule has 0 spiro atoms. The fourth-order valence-corrected chi connectivity index (χ4v) is 11.7. The summed E-state index contributed by atoms with van der Waals surface area (Å²) in [6.07, 6.45) is 6.13. The molecule has 0 N–H and O–H groups in total. The molecular weight excluding hydrogens is 857 g/mol. The van der Waals surface area contributed by atoms with Crippen LogP contribution in [0.25, 0.3) is 0 Å². The zero-order valence-electron chi connectivity index (χ0n) is 37.1. The van der Waals surface area contributed by atoms with Crippen molar-refractivity contribution in [2.24, 2.45) is 22.7 Å². The van der Waals surface area contributed by atoms with E-state index < -0.39 is 0 Å². The van der Waals surface area contributed by atoms with Gasteiger partial charge in [-0.05, 0) is 65.2 Å². The minimum Gasteiger partial charge on any atom is -0.450 e. The third-order valence-electron chi connectivity index (χ3n) is 10.9. The van der Waals surface area contributed by atoms with Crippen molar-refractivity contribution in [3.8, 4) is 0 Å². The molecule has 0 bridgehead atoms. The number of ether oxygens (including phenoxy) is 6. The van der Waals surface area contributed by atoms with Crippen LogP contribution in [-0.4, -0.2) is 118 Å². The van der Waals surface area contributed by atoms with Gasteiger partial charge in [-0.2, -0.15) is 47.0 Å². The van der Waals surface area contributed by atoms with E-state index in [-0.39, 0.29) is 70.0 Å². The molecule has 0 aromatic rings. The molecule has 4 rings (SSSR count). The Kier molecular flexibility index (Phi) is 31.4. The first-order valence-electron chi connectivity index (χ1n) is 21.4. The van der Waals surface area contributed by atoms with Crippen LogP contribution in [0.15, 0.2) is 0 Å². The SMILES string of the molecule is CCC(C)(CC)C(=O)OC1CSCCO1.CCC(C)(CC)C(=O)OC1CSCCS1.CCC(CC)C(=O)OC1CSCCO1.CCC(CC)C(=O)OC1CSCCS1. The molecule has 10 nitrogen and oxygen atoms in total. The Balaban J connectivity index is 0.000000387. The summed E-state index contributed by atoms with van der Waals surface area (Å²) < 4.78 is 32.3. The third-order valence-corrected chi connectivity index (χ3v) is 17.9. The lowest BCUT2D eigenvalue weighted by molar-refractivity contribution is -0.185. The van der Waals surface area contributed by atoms with Gasteiger partial charge in [0, 0.05) is 46.0 Å². The zero-order chi connectivity index (χ0) is 43.4. The van der Waals surface area contributed by atoms with Crippen molar-refractivity contribution < 1.29 is 47.6 Å². The molecule has 0 aromatic heterocycles. The molecule has 4 aliphatic rings. The van der Waals surface area contributed by atoms with E-state index in [2.05, 4.69) is 0 Å². The number of thioether (sulfide) groups is 6. The standard InChI is InChI=1S/C11H20O3S.C11H20O2S2.C10H18O3S.C10H18O2S2/c1-4-11(3,5-2)10(12)14-9-8-15-7-6-13-9;1-4-11(3,5-2)10(12)13-9-8-14-6-7-15-9;1-3-8(4-2)10(11)13-9-7-14-6-5-12-9;1-3-8(4-2)10(11)12-9-7-13-5-6-14-9/h2*9H,4-8H2,1-3H3;2*8-9H,3-7H2,1-2H3. The first-order chi connectivity index (χ1) is 27.8. The Morgan fingerprint density at radius 1 is 0.500 bits per heavy atom. The summed E-state index contributed by atoms with van der Waals surface area (Å²) in [5.74, 6) is 9.85. The van der Waals surface area contributed by atoms with Crippen LogP contribution in [0.2, 0.25) is 0 Å². The lowest BCUT2D eigenvalue weighted by Gasteiger charge is -2.29. The molecule has 4 unspecified atom stereocenters. The molecule has 340 valence electrons. The van der Waals surface area contributed by atoms with E-state index in [0.717, 1.165) is 97.4 Å². The average Bonchev–Trinajstić information content (AvgIpc) is 3.26. The molecule has 0 saturated carbocycles. The predicted octanol–water partition coefficient (Wildman–Crippen LogP) is 10.4. The summed E-state index contributed by atoms with van der Waals surface area (Å²) in [4.78, 5) is 47.0. The number of rotatable bonds is 16. The van der Waals surface area contributed by atoms with Crippen LogP contribution in [0.5, 0.6) is 0 Å². The highest BCUT2D eigenvalue weighted by molar-refractivity contribution is 8.07. The fraction of sp³-hybridized carbons (Fsp3) is 0.905. The quantitative estimate of drug-likeness (QED) is 0.108. The molecule has 0 radical (unpaired) electrons. The number of carbonyl (C=O) groups is 4. The number of hydrogen-bond donors (Lipinski definition) is 0. The van der Waals surface area contributed by atoms with Crippen LogP contribution in [-0.2, 0) is 47.6 Å². The Morgan fingerprint density at radius 3 is 1.21 bits per heavy atom. The zero-order valence-corrected chi connectivity index (χ0v) is 42.0. The van der Waals surface area contributed by atoms with E-state index in [9.17, 15) is 19.2 Å². The summed E-state index contributed by atoms with van der Waals surface area (Å²) in [5.41, 5.74) is -0.468.